The van der Waals surface area contributed by atoms with E-state index in [2.05, 4.69) is 154 Å². The molecule has 6 nitrogen and oxygen atoms in total. The summed E-state index contributed by atoms with van der Waals surface area (Å²) in [7, 11) is 0. The van der Waals surface area contributed by atoms with Gasteiger partial charge >= 0.3 is 17.9 Å². The summed E-state index contributed by atoms with van der Waals surface area (Å²) < 4.78 is 16.9. The Morgan fingerprint density at radius 1 is 0.259 bits per heavy atom. The topological polar surface area (TPSA) is 78.9 Å². The summed E-state index contributed by atoms with van der Waals surface area (Å²) in [4.78, 5) is 38.3. The Morgan fingerprint density at radius 3 is 0.790 bits per heavy atom. The lowest BCUT2D eigenvalue weighted by Gasteiger charge is -2.18. The third kappa shape index (κ3) is 66.2. The van der Waals surface area contributed by atoms with E-state index in [4.69, 9.17) is 14.2 Å². The van der Waals surface area contributed by atoms with Gasteiger partial charge in [-0.15, -0.1) is 0 Å². The SMILES string of the molecule is CC/C=C\C/C=C\C/C=C\C/C=C\C/C=C\C/C=C\C/C=C\C/C=C\C/C=C\CCCCCCCC(=O)OCC(COC(=O)CCCCCCC/C=C\CCCCC)OC(=O)CCCCCCCCC/C=C\CCCCCCCCC. The number of allylic oxidation sites excluding steroid dienone is 22. The van der Waals surface area contributed by atoms with Gasteiger partial charge in [-0.25, -0.2) is 0 Å². The first-order valence-electron chi connectivity index (χ1n) is 33.7. The van der Waals surface area contributed by atoms with Crippen molar-refractivity contribution in [3.8, 4) is 0 Å². The van der Waals surface area contributed by atoms with Gasteiger partial charge in [-0.1, -0.05) is 276 Å². The third-order valence-corrected chi connectivity index (χ3v) is 14.1. The quantitative estimate of drug-likeness (QED) is 0.0261. The highest BCUT2D eigenvalue weighted by Crippen LogP contribution is 2.15. The molecule has 81 heavy (non-hydrogen) atoms. The minimum absolute atomic E-state index is 0.0921. The molecule has 0 bridgehead atoms. The fraction of sp³-hybridized carbons (Fsp3) is 0.667. The van der Waals surface area contributed by atoms with Gasteiger partial charge in [-0.05, 0) is 141 Å². The van der Waals surface area contributed by atoms with Crippen LogP contribution in [0.5, 0.6) is 0 Å². The Balaban J connectivity index is 4.33. The van der Waals surface area contributed by atoms with Gasteiger partial charge in [-0.3, -0.25) is 14.4 Å². The summed E-state index contributed by atoms with van der Waals surface area (Å²) in [5, 5.41) is 0. The molecule has 0 N–H and O–H groups in total. The van der Waals surface area contributed by atoms with Crippen LogP contribution >= 0.6 is 0 Å². The number of esters is 3. The van der Waals surface area contributed by atoms with Crippen molar-refractivity contribution in [2.75, 3.05) is 13.2 Å². The largest absolute Gasteiger partial charge is 0.462 e. The smallest absolute Gasteiger partial charge is 0.306 e. The second-order valence-corrected chi connectivity index (χ2v) is 22.0. The van der Waals surface area contributed by atoms with Crippen LogP contribution in [0.15, 0.2) is 134 Å². The van der Waals surface area contributed by atoms with Crippen molar-refractivity contribution < 1.29 is 28.6 Å². The Hall–Kier alpha value is -4.45. The number of rotatable bonds is 60. The second kappa shape index (κ2) is 68.1. The molecule has 1 unspecified atom stereocenters. The Labute approximate surface area is 500 Å². The van der Waals surface area contributed by atoms with Crippen molar-refractivity contribution in [3.05, 3.63) is 134 Å². The van der Waals surface area contributed by atoms with Crippen molar-refractivity contribution in [3.63, 3.8) is 0 Å². The van der Waals surface area contributed by atoms with Crippen LogP contribution in [0.2, 0.25) is 0 Å². The van der Waals surface area contributed by atoms with Gasteiger partial charge in [0.1, 0.15) is 13.2 Å². The molecule has 0 aliphatic rings. The molecule has 0 aromatic carbocycles. The van der Waals surface area contributed by atoms with E-state index in [1.807, 2.05) is 0 Å². The number of ether oxygens (including phenoxy) is 3. The van der Waals surface area contributed by atoms with Crippen molar-refractivity contribution in [1.29, 1.82) is 0 Å². The Bertz CT molecular complexity index is 1720. The Morgan fingerprint density at radius 2 is 0.481 bits per heavy atom. The summed E-state index contributed by atoms with van der Waals surface area (Å²) >= 11 is 0. The third-order valence-electron chi connectivity index (χ3n) is 14.1. The van der Waals surface area contributed by atoms with Gasteiger partial charge in [0.05, 0.1) is 0 Å². The molecule has 0 amide bonds. The molecule has 6 heteroatoms. The zero-order valence-electron chi connectivity index (χ0n) is 52.8. The molecule has 0 saturated carbocycles. The van der Waals surface area contributed by atoms with E-state index in [0.29, 0.717) is 19.3 Å². The maximum Gasteiger partial charge on any atom is 0.306 e. The summed E-state index contributed by atoms with van der Waals surface area (Å²) in [6.45, 7) is 6.49. The van der Waals surface area contributed by atoms with Crippen LogP contribution in [0.4, 0.5) is 0 Å². The molecule has 0 saturated heterocycles. The molecule has 1 atom stereocenters. The zero-order chi connectivity index (χ0) is 58.5. The molecular formula is C75H124O6. The summed E-state index contributed by atoms with van der Waals surface area (Å²) in [5.74, 6) is -0.921. The van der Waals surface area contributed by atoms with Crippen molar-refractivity contribution in [2.45, 2.75) is 309 Å². The number of hydrogen-bond acceptors (Lipinski definition) is 6. The Kier molecular flexibility index (Phi) is 64.3. The van der Waals surface area contributed by atoms with Crippen LogP contribution in [0.1, 0.15) is 303 Å². The molecule has 0 aliphatic heterocycles. The molecule has 0 fully saturated rings. The molecule has 0 aliphatic carbocycles. The van der Waals surface area contributed by atoms with Crippen LogP contribution in [0.25, 0.3) is 0 Å². The molecule has 0 radical (unpaired) electrons. The monoisotopic (exact) mass is 1120 g/mol. The van der Waals surface area contributed by atoms with E-state index in [0.717, 1.165) is 141 Å². The molecule has 460 valence electrons. The van der Waals surface area contributed by atoms with Crippen LogP contribution in [0, 0.1) is 0 Å². The number of hydrogen-bond donors (Lipinski definition) is 0. The van der Waals surface area contributed by atoms with Crippen molar-refractivity contribution in [1.82, 2.24) is 0 Å². The lowest BCUT2D eigenvalue weighted by molar-refractivity contribution is -0.167. The molecule has 0 aromatic rings. The maximum absolute atomic E-state index is 12.9. The van der Waals surface area contributed by atoms with Crippen LogP contribution < -0.4 is 0 Å². The minimum atomic E-state index is -0.796. The van der Waals surface area contributed by atoms with Gasteiger partial charge in [0.2, 0.25) is 0 Å². The van der Waals surface area contributed by atoms with Crippen molar-refractivity contribution in [2.24, 2.45) is 0 Å². The zero-order valence-corrected chi connectivity index (χ0v) is 52.8. The standard InChI is InChI=1S/C75H124O6/c1-4-7-10-13-16-19-22-25-27-29-31-32-33-34-35-36-37-38-39-40-41-42-43-44-45-47-48-50-53-56-59-62-65-68-74(77)80-71-72(70-79-73(76)67-64-61-58-55-52-24-21-18-15-12-9-6-3)81-75(78)69-66-63-60-57-54-51-49-46-30-28-26-23-20-17-14-11-8-5-2/h7,10,16,18-19,21,25,27-28,30-32,34-35,37-38,40-41,43-44,47-48,72H,4-6,8-9,11-15,17,20,22-24,26,29,33,36,39,42,45-46,49-71H2,1-3H3/b10-7-,19-16-,21-18-,27-25-,30-28-,32-31-,35-34-,38-37-,41-40-,44-43-,48-47-. The highest BCUT2D eigenvalue weighted by atomic mass is 16.6. The van der Waals surface area contributed by atoms with Gasteiger partial charge in [0.25, 0.3) is 0 Å². The van der Waals surface area contributed by atoms with Gasteiger partial charge < -0.3 is 14.2 Å². The molecule has 0 rings (SSSR count). The van der Waals surface area contributed by atoms with E-state index in [1.54, 1.807) is 0 Å². The lowest BCUT2D eigenvalue weighted by atomic mass is 10.1. The van der Waals surface area contributed by atoms with E-state index < -0.39 is 6.10 Å². The highest BCUT2D eigenvalue weighted by Gasteiger charge is 2.19. The average molecular weight is 1120 g/mol. The lowest BCUT2D eigenvalue weighted by Crippen LogP contribution is -2.30. The molecule has 0 aromatic heterocycles. The van der Waals surface area contributed by atoms with Gasteiger partial charge in [-0.2, -0.15) is 0 Å². The summed E-state index contributed by atoms with van der Waals surface area (Å²) in [6.07, 6.45) is 96.1. The number of unbranched alkanes of at least 4 members (excludes halogenated alkanes) is 27. The normalized spacial score (nSPS) is 13.0. The van der Waals surface area contributed by atoms with E-state index in [1.165, 1.54) is 122 Å². The maximum atomic E-state index is 12.9. The summed E-state index contributed by atoms with van der Waals surface area (Å²) in [6, 6.07) is 0. The van der Waals surface area contributed by atoms with E-state index >= 15 is 0 Å². The number of carbonyl (C=O) groups is 3. The van der Waals surface area contributed by atoms with Crippen LogP contribution in [0.3, 0.4) is 0 Å². The average Bonchev–Trinajstić information content (AvgIpc) is 3.47. The van der Waals surface area contributed by atoms with E-state index in [9.17, 15) is 14.4 Å². The fourth-order valence-corrected chi connectivity index (χ4v) is 9.07. The minimum Gasteiger partial charge on any atom is -0.462 e. The molecule has 0 spiro atoms. The van der Waals surface area contributed by atoms with E-state index in [-0.39, 0.29) is 31.1 Å². The predicted molar refractivity (Wildman–Crippen MR) is 353 cm³/mol. The summed E-state index contributed by atoms with van der Waals surface area (Å²) in [5.41, 5.74) is 0. The predicted octanol–water partition coefficient (Wildman–Crippen LogP) is 23.3. The molecular weight excluding hydrogens is 997 g/mol. The first-order valence-corrected chi connectivity index (χ1v) is 33.7. The number of carbonyl (C=O) groups excluding carboxylic acids is 3. The van der Waals surface area contributed by atoms with Crippen LogP contribution in [-0.4, -0.2) is 37.2 Å². The molecule has 0 heterocycles. The van der Waals surface area contributed by atoms with Crippen molar-refractivity contribution >= 4 is 17.9 Å². The van der Waals surface area contributed by atoms with Gasteiger partial charge in [0.15, 0.2) is 6.10 Å². The first kappa shape index (κ1) is 76.5. The fourth-order valence-electron chi connectivity index (χ4n) is 9.07. The van der Waals surface area contributed by atoms with Crippen LogP contribution in [-0.2, 0) is 28.6 Å². The first-order chi connectivity index (χ1) is 40.0. The highest BCUT2D eigenvalue weighted by molar-refractivity contribution is 5.71. The van der Waals surface area contributed by atoms with Gasteiger partial charge in [0, 0.05) is 19.3 Å². The second-order valence-electron chi connectivity index (χ2n) is 22.0.